The molecule has 1 amide bonds. The molecular formula is C19H22ClN3O2. The maximum absolute atomic E-state index is 12.4. The van der Waals surface area contributed by atoms with Crippen LogP contribution in [-0.2, 0) is 0 Å². The Kier molecular flexibility index (Phi) is 5.43. The quantitative estimate of drug-likeness (QED) is 0.826. The van der Waals surface area contributed by atoms with E-state index < -0.39 is 0 Å². The number of carbonyl (C=O) groups is 1. The molecule has 1 saturated carbocycles. The number of nitrogens with zero attached hydrogens (tertiary/aromatic N) is 1. The van der Waals surface area contributed by atoms with Crippen molar-refractivity contribution in [2.45, 2.75) is 38.6 Å². The largest absolute Gasteiger partial charge is 0.495 e. The predicted octanol–water partition coefficient (Wildman–Crippen LogP) is 4.47. The predicted molar refractivity (Wildman–Crippen MR) is 100.0 cm³/mol. The lowest BCUT2D eigenvalue weighted by Gasteiger charge is -2.14. The van der Waals surface area contributed by atoms with Crippen LogP contribution in [-0.4, -0.2) is 24.0 Å². The van der Waals surface area contributed by atoms with Gasteiger partial charge < -0.3 is 15.4 Å². The average Bonchev–Trinajstić information content (AvgIpc) is 3.11. The maximum Gasteiger partial charge on any atom is 0.270 e. The van der Waals surface area contributed by atoms with Gasteiger partial charge in [0.1, 0.15) is 11.4 Å². The van der Waals surface area contributed by atoms with Gasteiger partial charge in [-0.15, -0.1) is 0 Å². The van der Waals surface area contributed by atoms with Crippen LogP contribution in [0.15, 0.2) is 30.5 Å². The van der Waals surface area contributed by atoms with E-state index in [-0.39, 0.29) is 11.9 Å². The summed E-state index contributed by atoms with van der Waals surface area (Å²) in [5.41, 5.74) is 2.91. The molecule has 0 unspecified atom stereocenters. The van der Waals surface area contributed by atoms with E-state index in [0.29, 0.717) is 16.5 Å². The summed E-state index contributed by atoms with van der Waals surface area (Å²) in [6.45, 7) is 1.93. The number of rotatable bonds is 5. The van der Waals surface area contributed by atoms with E-state index in [2.05, 4.69) is 15.6 Å². The van der Waals surface area contributed by atoms with Crippen molar-refractivity contribution in [2.75, 3.05) is 12.4 Å². The Hall–Kier alpha value is -2.27. The first-order valence-electron chi connectivity index (χ1n) is 8.45. The standard InChI is InChI=1S/C19H22ClN3O2/c1-12-9-16(18(25-2)11-15(12)20)22-14-7-8-21-17(10-14)19(24)23-13-5-3-4-6-13/h7-11,13H,3-6H2,1-2H3,(H,21,22)(H,23,24). The van der Waals surface area contributed by atoms with Gasteiger partial charge in [-0.05, 0) is 43.5 Å². The van der Waals surface area contributed by atoms with Gasteiger partial charge in [-0.1, -0.05) is 24.4 Å². The van der Waals surface area contributed by atoms with Crippen LogP contribution >= 0.6 is 11.6 Å². The summed E-state index contributed by atoms with van der Waals surface area (Å²) >= 11 is 6.14. The average molecular weight is 360 g/mol. The molecule has 6 heteroatoms. The van der Waals surface area contributed by atoms with Crippen molar-refractivity contribution in [3.8, 4) is 5.75 Å². The van der Waals surface area contributed by atoms with Crippen molar-refractivity contribution >= 4 is 28.9 Å². The van der Waals surface area contributed by atoms with Crippen molar-refractivity contribution in [3.05, 3.63) is 46.7 Å². The van der Waals surface area contributed by atoms with Gasteiger partial charge in [0.05, 0.1) is 12.8 Å². The summed E-state index contributed by atoms with van der Waals surface area (Å²) in [5.74, 6) is 0.513. The third kappa shape index (κ3) is 4.23. The van der Waals surface area contributed by atoms with E-state index in [9.17, 15) is 4.79 Å². The molecule has 0 atom stereocenters. The first-order chi connectivity index (χ1) is 12.1. The molecule has 0 aliphatic heterocycles. The Labute approximate surface area is 152 Å². The van der Waals surface area contributed by atoms with Crippen LogP contribution in [0.3, 0.4) is 0 Å². The highest BCUT2D eigenvalue weighted by atomic mass is 35.5. The molecule has 1 aliphatic carbocycles. The topological polar surface area (TPSA) is 63.2 Å². The first-order valence-corrected chi connectivity index (χ1v) is 8.82. The highest BCUT2D eigenvalue weighted by Gasteiger charge is 2.19. The Morgan fingerprint density at radius 2 is 2.04 bits per heavy atom. The minimum absolute atomic E-state index is 0.130. The monoisotopic (exact) mass is 359 g/mol. The summed E-state index contributed by atoms with van der Waals surface area (Å²) in [4.78, 5) is 16.6. The van der Waals surface area contributed by atoms with Crippen LogP contribution < -0.4 is 15.4 Å². The number of hydrogen-bond acceptors (Lipinski definition) is 4. The van der Waals surface area contributed by atoms with Crippen molar-refractivity contribution in [1.82, 2.24) is 10.3 Å². The number of hydrogen-bond donors (Lipinski definition) is 2. The van der Waals surface area contributed by atoms with Crippen LogP contribution in [0.1, 0.15) is 41.7 Å². The Bertz CT molecular complexity index is 773. The number of aryl methyl sites for hydroxylation is 1. The van der Waals surface area contributed by atoms with Crippen LogP contribution in [0, 0.1) is 6.92 Å². The molecule has 132 valence electrons. The number of nitrogens with one attached hydrogen (secondary N) is 2. The molecule has 25 heavy (non-hydrogen) atoms. The zero-order valence-electron chi connectivity index (χ0n) is 14.4. The summed E-state index contributed by atoms with van der Waals surface area (Å²) < 4.78 is 5.38. The summed E-state index contributed by atoms with van der Waals surface area (Å²) in [5, 5.41) is 6.98. The van der Waals surface area contributed by atoms with Gasteiger partial charge in [0, 0.05) is 29.0 Å². The molecule has 2 aromatic rings. The van der Waals surface area contributed by atoms with Gasteiger partial charge in [0.25, 0.3) is 5.91 Å². The molecule has 3 rings (SSSR count). The van der Waals surface area contributed by atoms with Crippen LogP contribution in [0.2, 0.25) is 5.02 Å². The van der Waals surface area contributed by atoms with Gasteiger partial charge >= 0.3 is 0 Å². The van der Waals surface area contributed by atoms with Gasteiger partial charge in [-0.2, -0.15) is 0 Å². The lowest BCUT2D eigenvalue weighted by molar-refractivity contribution is 0.0933. The highest BCUT2D eigenvalue weighted by Crippen LogP contribution is 2.33. The number of ether oxygens (including phenoxy) is 1. The molecule has 1 aromatic heterocycles. The number of pyridine rings is 1. The normalized spacial score (nSPS) is 14.4. The molecule has 5 nitrogen and oxygen atoms in total. The Balaban J connectivity index is 1.77. The SMILES string of the molecule is COc1cc(Cl)c(C)cc1Nc1ccnc(C(=O)NC2CCCC2)c1. The number of anilines is 2. The van der Waals surface area contributed by atoms with E-state index in [0.717, 1.165) is 29.8 Å². The third-order valence-electron chi connectivity index (χ3n) is 4.44. The molecule has 0 radical (unpaired) electrons. The fraction of sp³-hybridized carbons (Fsp3) is 0.368. The first kappa shape index (κ1) is 17.5. The number of methoxy groups -OCH3 is 1. The third-order valence-corrected chi connectivity index (χ3v) is 4.85. The molecule has 0 bridgehead atoms. The summed E-state index contributed by atoms with van der Waals surface area (Å²) in [6, 6.07) is 7.52. The second-order valence-electron chi connectivity index (χ2n) is 6.31. The van der Waals surface area contributed by atoms with Gasteiger partial charge in [-0.25, -0.2) is 0 Å². The van der Waals surface area contributed by atoms with E-state index in [1.165, 1.54) is 12.8 Å². The highest BCUT2D eigenvalue weighted by molar-refractivity contribution is 6.31. The molecule has 2 N–H and O–H groups in total. The van der Waals surface area contributed by atoms with E-state index >= 15 is 0 Å². The van der Waals surface area contributed by atoms with E-state index in [1.54, 1.807) is 25.4 Å². The minimum Gasteiger partial charge on any atom is -0.495 e. The molecule has 0 spiro atoms. The Morgan fingerprint density at radius 3 is 2.76 bits per heavy atom. The van der Waals surface area contributed by atoms with Crippen LogP contribution in [0.5, 0.6) is 5.75 Å². The maximum atomic E-state index is 12.4. The fourth-order valence-corrected chi connectivity index (χ4v) is 3.20. The fourth-order valence-electron chi connectivity index (χ4n) is 3.05. The summed E-state index contributed by atoms with van der Waals surface area (Å²) in [7, 11) is 1.60. The van der Waals surface area contributed by atoms with Gasteiger partial charge in [0.2, 0.25) is 0 Å². The van der Waals surface area contributed by atoms with Crippen LogP contribution in [0.4, 0.5) is 11.4 Å². The Morgan fingerprint density at radius 1 is 1.28 bits per heavy atom. The lowest BCUT2D eigenvalue weighted by Crippen LogP contribution is -2.33. The molecular weight excluding hydrogens is 338 g/mol. The second-order valence-corrected chi connectivity index (χ2v) is 6.72. The lowest BCUT2D eigenvalue weighted by atomic mass is 10.2. The van der Waals surface area contributed by atoms with Crippen molar-refractivity contribution < 1.29 is 9.53 Å². The number of benzene rings is 1. The number of halogens is 1. The molecule has 1 fully saturated rings. The molecule has 0 saturated heterocycles. The van der Waals surface area contributed by atoms with Crippen molar-refractivity contribution in [3.63, 3.8) is 0 Å². The number of amides is 1. The zero-order valence-corrected chi connectivity index (χ0v) is 15.2. The van der Waals surface area contributed by atoms with E-state index in [1.807, 2.05) is 19.1 Å². The number of carbonyl (C=O) groups excluding carboxylic acids is 1. The minimum atomic E-state index is -0.130. The molecule has 1 aliphatic rings. The van der Waals surface area contributed by atoms with Crippen molar-refractivity contribution in [1.29, 1.82) is 0 Å². The second kappa shape index (κ2) is 7.74. The number of aromatic nitrogens is 1. The summed E-state index contributed by atoms with van der Waals surface area (Å²) in [6.07, 6.45) is 6.07. The van der Waals surface area contributed by atoms with Gasteiger partial charge in [-0.3, -0.25) is 9.78 Å². The van der Waals surface area contributed by atoms with Gasteiger partial charge in [0.15, 0.2) is 0 Å². The zero-order chi connectivity index (χ0) is 17.8. The van der Waals surface area contributed by atoms with E-state index in [4.69, 9.17) is 16.3 Å². The van der Waals surface area contributed by atoms with Crippen LogP contribution in [0.25, 0.3) is 0 Å². The smallest absolute Gasteiger partial charge is 0.270 e. The molecule has 1 heterocycles. The molecule has 1 aromatic carbocycles. The van der Waals surface area contributed by atoms with Crippen molar-refractivity contribution in [2.24, 2.45) is 0 Å².